The van der Waals surface area contributed by atoms with Crippen molar-refractivity contribution >= 4 is 23.2 Å². The van der Waals surface area contributed by atoms with Crippen LogP contribution < -0.4 is 15.0 Å². The quantitative estimate of drug-likeness (QED) is 0.923. The lowest BCUT2D eigenvalue weighted by atomic mass is 10.1. The van der Waals surface area contributed by atoms with Crippen molar-refractivity contribution in [3.8, 4) is 5.75 Å². The third-order valence-corrected chi connectivity index (χ3v) is 4.09. The average molecular weight is 324 g/mol. The van der Waals surface area contributed by atoms with Crippen molar-refractivity contribution in [2.75, 3.05) is 16.8 Å². The van der Waals surface area contributed by atoms with Gasteiger partial charge in [0.15, 0.2) is 6.10 Å². The third-order valence-electron chi connectivity index (χ3n) is 4.09. The number of hydrogen-bond acceptors (Lipinski definition) is 3. The molecule has 0 saturated carbocycles. The highest BCUT2D eigenvalue weighted by molar-refractivity contribution is 5.99. The van der Waals surface area contributed by atoms with Gasteiger partial charge in [0.25, 0.3) is 5.91 Å². The van der Waals surface area contributed by atoms with Gasteiger partial charge in [0.1, 0.15) is 5.75 Å². The maximum absolute atomic E-state index is 12.6. The van der Waals surface area contributed by atoms with Gasteiger partial charge < -0.3 is 15.0 Å². The highest BCUT2D eigenvalue weighted by Gasteiger charge is 2.32. The molecule has 1 N–H and O–H groups in total. The Hall–Kier alpha value is -2.82. The third kappa shape index (κ3) is 3.11. The van der Waals surface area contributed by atoms with E-state index in [0.29, 0.717) is 11.4 Å². The maximum Gasteiger partial charge on any atom is 0.267 e. The number of benzene rings is 2. The molecular weight excluding hydrogens is 304 g/mol. The second-order valence-corrected chi connectivity index (χ2v) is 6.01. The molecule has 1 aliphatic heterocycles. The van der Waals surface area contributed by atoms with Crippen LogP contribution in [0.1, 0.15) is 18.1 Å². The monoisotopic (exact) mass is 324 g/mol. The first-order chi connectivity index (χ1) is 11.5. The first-order valence-electron chi connectivity index (χ1n) is 7.87. The van der Waals surface area contributed by atoms with Crippen molar-refractivity contribution in [2.24, 2.45) is 0 Å². The predicted molar refractivity (Wildman–Crippen MR) is 93.4 cm³/mol. The number of anilines is 2. The highest BCUT2D eigenvalue weighted by Crippen LogP contribution is 2.33. The van der Waals surface area contributed by atoms with Gasteiger partial charge in [-0.1, -0.05) is 29.8 Å². The smallest absolute Gasteiger partial charge is 0.267 e. The number of ether oxygens (including phenoxy) is 1. The van der Waals surface area contributed by atoms with Crippen LogP contribution in [0.25, 0.3) is 0 Å². The first-order valence-corrected chi connectivity index (χ1v) is 7.87. The van der Waals surface area contributed by atoms with Gasteiger partial charge in [-0.25, -0.2) is 0 Å². The fourth-order valence-corrected chi connectivity index (χ4v) is 2.84. The number of nitrogens with one attached hydrogen (secondary N) is 1. The summed E-state index contributed by atoms with van der Waals surface area (Å²) in [4.78, 5) is 26.1. The molecule has 1 aliphatic rings. The summed E-state index contributed by atoms with van der Waals surface area (Å²) in [6.07, 6.45) is -0.746. The van der Waals surface area contributed by atoms with Crippen LogP contribution in [0.3, 0.4) is 0 Å². The summed E-state index contributed by atoms with van der Waals surface area (Å²) in [5.74, 6) is 0.164. The first kappa shape index (κ1) is 16.1. The van der Waals surface area contributed by atoms with Crippen molar-refractivity contribution in [1.82, 2.24) is 0 Å². The molecule has 2 aromatic rings. The summed E-state index contributed by atoms with van der Waals surface area (Å²) >= 11 is 0. The Labute approximate surface area is 141 Å². The van der Waals surface area contributed by atoms with Crippen LogP contribution in [0.5, 0.6) is 5.75 Å². The van der Waals surface area contributed by atoms with Crippen LogP contribution in [0.4, 0.5) is 11.4 Å². The number of carbonyl (C=O) groups is 2. The molecule has 3 rings (SSSR count). The summed E-state index contributed by atoms with van der Waals surface area (Å²) in [6.45, 7) is 5.64. The Morgan fingerprint density at radius 1 is 1.17 bits per heavy atom. The Kier molecular flexibility index (Phi) is 4.25. The summed E-state index contributed by atoms with van der Waals surface area (Å²) in [6, 6.07) is 13.1. The van der Waals surface area contributed by atoms with Gasteiger partial charge in [0, 0.05) is 12.6 Å². The Morgan fingerprint density at radius 3 is 2.62 bits per heavy atom. The number of hydrogen-bond donors (Lipinski definition) is 1. The normalized spacial score (nSPS) is 16.1. The molecule has 0 bridgehead atoms. The number of aryl methyl sites for hydroxylation is 2. The van der Waals surface area contributed by atoms with Gasteiger partial charge in [-0.05, 0) is 37.6 Å². The van der Waals surface area contributed by atoms with Crippen molar-refractivity contribution in [3.63, 3.8) is 0 Å². The van der Waals surface area contributed by atoms with Crippen LogP contribution in [-0.2, 0) is 9.59 Å². The Balaban J connectivity index is 1.82. The van der Waals surface area contributed by atoms with Crippen LogP contribution in [0, 0.1) is 13.8 Å². The van der Waals surface area contributed by atoms with Crippen LogP contribution >= 0.6 is 0 Å². The molecule has 0 aromatic heterocycles. The molecule has 2 aromatic carbocycles. The second-order valence-electron chi connectivity index (χ2n) is 6.01. The molecule has 0 spiro atoms. The molecule has 24 heavy (non-hydrogen) atoms. The molecule has 5 heteroatoms. The van der Waals surface area contributed by atoms with E-state index in [1.807, 2.05) is 50.2 Å². The van der Waals surface area contributed by atoms with Gasteiger partial charge in [0.2, 0.25) is 5.91 Å². The van der Waals surface area contributed by atoms with Gasteiger partial charge >= 0.3 is 0 Å². The summed E-state index contributed by atoms with van der Waals surface area (Å²) in [7, 11) is 0. The van der Waals surface area contributed by atoms with Crippen LogP contribution in [0.2, 0.25) is 0 Å². The van der Waals surface area contributed by atoms with Crippen molar-refractivity contribution in [1.29, 1.82) is 0 Å². The van der Waals surface area contributed by atoms with Crippen molar-refractivity contribution in [2.45, 2.75) is 26.9 Å². The zero-order valence-corrected chi connectivity index (χ0v) is 14.0. The lowest BCUT2D eigenvalue weighted by Gasteiger charge is -2.33. The highest BCUT2D eigenvalue weighted by atomic mass is 16.5. The summed E-state index contributed by atoms with van der Waals surface area (Å²) in [5.41, 5.74) is 3.57. The van der Waals surface area contributed by atoms with E-state index in [9.17, 15) is 9.59 Å². The number of nitrogens with zero attached hydrogens (tertiary/aromatic N) is 1. The predicted octanol–water partition coefficient (Wildman–Crippen LogP) is 3.06. The van der Waals surface area contributed by atoms with Crippen molar-refractivity contribution < 1.29 is 14.3 Å². The molecule has 0 unspecified atom stereocenters. The van der Waals surface area contributed by atoms with E-state index in [2.05, 4.69) is 5.32 Å². The van der Waals surface area contributed by atoms with Gasteiger partial charge in [-0.3, -0.25) is 9.59 Å². The topological polar surface area (TPSA) is 58.6 Å². The minimum atomic E-state index is -0.746. The minimum absolute atomic E-state index is 0.116. The van der Waals surface area contributed by atoms with E-state index in [1.165, 1.54) is 6.92 Å². The molecule has 0 fully saturated rings. The molecule has 1 heterocycles. The standard InChI is InChI=1S/C19H20N2O3/c1-12-8-9-15(13(2)10-12)20-19(23)18-11-21(14(3)22)16-6-4-5-7-17(16)24-18/h4-10,18H,11H2,1-3H3,(H,20,23)/t18-/m0/s1. The summed E-state index contributed by atoms with van der Waals surface area (Å²) < 4.78 is 5.80. The number of fused-ring (bicyclic) bond motifs is 1. The zero-order valence-electron chi connectivity index (χ0n) is 14.0. The van der Waals surface area contributed by atoms with Crippen LogP contribution in [-0.4, -0.2) is 24.5 Å². The molecule has 0 radical (unpaired) electrons. The van der Waals surface area contributed by atoms with Gasteiger partial charge in [-0.2, -0.15) is 0 Å². The number of rotatable bonds is 2. The molecular formula is C19H20N2O3. The number of para-hydroxylation sites is 2. The fraction of sp³-hybridized carbons (Fsp3) is 0.263. The average Bonchev–Trinajstić information content (AvgIpc) is 2.56. The van der Waals surface area contributed by atoms with Gasteiger partial charge in [-0.15, -0.1) is 0 Å². The molecule has 1 atom stereocenters. The van der Waals surface area contributed by atoms with Gasteiger partial charge in [0.05, 0.1) is 12.2 Å². The molecule has 0 saturated heterocycles. The van der Waals surface area contributed by atoms with E-state index in [0.717, 1.165) is 16.8 Å². The van der Waals surface area contributed by atoms with E-state index < -0.39 is 6.10 Å². The second kappa shape index (κ2) is 6.35. The van der Waals surface area contributed by atoms with E-state index in [1.54, 1.807) is 11.0 Å². The SMILES string of the molecule is CC(=O)N1C[C@@H](C(=O)Nc2ccc(C)cc2C)Oc2ccccc21. The zero-order chi connectivity index (χ0) is 17.3. The lowest BCUT2D eigenvalue weighted by molar-refractivity contribution is -0.123. The summed E-state index contributed by atoms with van der Waals surface area (Å²) in [5, 5.41) is 2.90. The number of carbonyl (C=O) groups excluding carboxylic acids is 2. The van der Waals surface area contributed by atoms with Crippen molar-refractivity contribution in [3.05, 3.63) is 53.6 Å². The molecule has 5 nitrogen and oxygen atoms in total. The molecule has 2 amide bonds. The minimum Gasteiger partial charge on any atom is -0.476 e. The maximum atomic E-state index is 12.6. The molecule has 0 aliphatic carbocycles. The van der Waals surface area contributed by atoms with E-state index in [4.69, 9.17) is 4.74 Å². The Morgan fingerprint density at radius 2 is 1.92 bits per heavy atom. The lowest BCUT2D eigenvalue weighted by Crippen LogP contribution is -2.48. The number of amides is 2. The largest absolute Gasteiger partial charge is 0.476 e. The van der Waals surface area contributed by atoms with E-state index >= 15 is 0 Å². The molecule has 124 valence electrons. The van der Waals surface area contributed by atoms with E-state index in [-0.39, 0.29) is 18.4 Å². The fourth-order valence-electron chi connectivity index (χ4n) is 2.84. The van der Waals surface area contributed by atoms with Crippen LogP contribution in [0.15, 0.2) is 42.5 Å². The Bertz CT molecular complexity index is 801.